The van der Waals surface area contributed by atoms with Crippen LogP contribution < -0.4 is 10.2 Å². The molecule has 2 saturated heterocycles. The number of halogens is 1. The molecule has 0 unspecified atom stereocenters. The third-order valence-corrected chi connectivity index (χ3v) is 6.04. The normalized spacial score (nSPS) is 19.4. The molecule has 2 aliphatic heterocycles. The maximum atomic E-state index is 14.7. The Kier molecular flexibility index (Phi) is 5.24. The first kappa shape index (κ1) is 21.9. The molecule has 0 saturated carbocycles. The van der Waals surface area contributed by atoms with Gasteiger partial charge in [-0.25, -0.2) is 24.1 Å². The van der Waals surface area contributed by atoms with Gasteiger partial charge in [0.1, 0.15) is 23.3 Å². The highest BCUT2D eigenvalue weighted by molar-refractivity contribution is 5.88. The molecule has 0 aliphatic carbocycles. The predicted molar refractivity (Wildman–Crippen MR) is 127 cm³/mol. The summed E-state index contributed by atoms with van der Waals surface area (Å²) in [5.41, 5.74) is 1.02. The zero-order valence-electron chi connectivity index (χ0n) is 19.2. The molecule has 0 radical (unpaired) electrons. The molecule has 2 atom stereocenters. The summed E-state index contributed by atoms with van der Waals surface area (Å²) in [5.74, 6) is 2.97. The number of pyridine rings is 1. The molecule has 4 heterocycles. The van der Waals surface area contributed by atoms with Crippen molar-refractivity contribution in [1.29, 1.82) is 0 Å². The minimum absolute atomic E-state index is 0.0718. The standard InChI is InChI=1S/C25H25FN6O2/c1-5-15-7-6-8-18(21(15)26)29-23-22-19(27-14-28-23)9-10-20(30-22)31-12-17-11-16(31)13-32(17)24(33)34-25(2,3)4/h1,6-10,14,16-17H,11-13H2,2-4H3,(H,27,28,29)/t16-,17-/m0/s1. The minimum Gasteiger partial charge on any atom is -0.444 e. The second kappa shape index (κ2) is 8.13. The monoisotopic (exact) mass is 460 g/mol. The van der Waals surface area contributed by atoms with Gasteiger partial charge in [0.25, 0.3) is 0 Å². The van der Waals surface area contributed by atoms with E-state index in [4.69, 9.17) is 16.1 Å². The average Bonchev–Trinajstić information content (AvgIpc) is 3.41. The van der Waals surface area contributed by atoms with Crippen LogP contribution in [0.3, 0.4) is 0 Å². The fourth-order valence-electron chi connectivity index (χ4n) is 4.54. The molecular formula is C25H25FN6O2. The van der Waals surface area contributed by atoms with Crippen LogP contribution in [0.5, 0.6) is 0 Å². The van der Waals surface area contributed by atoms with Crippen LogP contribution in [0.2, 0.25) is 0 Å². The van der Waals surface area contributed by atoms with Crippen molar-refractivity contribution in [2.24, 2.45) is 0 Å². The summed E-state index contributed by atoms with van der Waals surface area (Å²) in [4.78, 5) is 30.0. The summed E-state index contributed by atoms with van der Waals surface area (Å²) in [6.45, 7) is 6.85. The molecule has 9 heteroatoms. The van der Waals surface area contributed by atoms with E-state index in [0.29, 0.717) is 29.9 Å². The van der Waals surface area contributed by atoms with Crippen molar-refractivity contribution in [2.45, 2.75) is 44.9 Å². The number of benzene rings is 1. The van der Waals surface area contributed by atoms with Crippen molar-refractivity contribution >= 4 is 34.4 Å². The van der Waals surface area contributed by atoms with Gasteiger partial charge < -0.3 is 19.9 Å². The molecule has 34 heavy (non-hydrogen) atoms. The number of terminal acetylenes is 1. The SMILES string of the molecule is C#Cc1cccc(Nc2ncnc3ccc(N4C[C@@H]5C[C@H]4CN5C(=O)OC(C)(C)C)nc23)c1F. The van der Waals surface area contributed by atoms with Crippen molar-refractivity contribution in [1.82, 2.24) is 19.9 Å². The van der Waals surface area contributed by atoms with Gasteiger partial charge in [-0.1, -0.05) is 12.0 Å². The van der Waals surface area contributed by atoms with Gasteiger partial charge in [0.2, 0.25) is 0 Å². The van der Waals surface area contributed by atoms with Gasteiger partial charge in [-0.05, 0) is 51.5 Å². The van der Waals surface area contributed by atoms with Crippen LogP contribution in [-0.4, -0.2) is 56.7 Å². The molecule has 2 fully saturated rings. The van der Waals surface area contributed by atoms with Gasteiger partial charge in [-0.2, -0.15) is 0 Å². The van der Waals surface area contributed by atoms with E-state index in [9.17, 15) is 9.18 Å². The van der Waals surface area contributed by atoms with Crippen molar-refractivity contribution < 1.29 is 13.9 Å². The number of amides is 1. The molecule has 174 valence electrons. The number of nitrogens with one attached hydrogen (secondary N) is 1. The summed E-state index contributed by atoms with van der Waals surface area (Å²) in [6, 6.07) is 8.82. The van der Waals surface area contributed by atoms with Gasteiger partial charge >= 0.3 is 6.09 Å². The van der Waals surface area contributed by atoms with Crippen molar-refractivity contribution in [3.8, 4) is 12.3 Å². The average molecular weight is 461 g/mol. The number of anilines is 3. The third kappa shape index (κ3) is 3.96. The molecule has 3 aromatic rings. The summed E-state index contributed by atoms with van der Waals surface area (Å²) >= 11 is 0. The minimum atomic E-state index is -0.527. The van der Waals surface area contributed by atoms with Crippen LogP contribution >= 0.6 is 0 Å². The highest BCUT2D eigenvalue weighted by atomic mass is 19.1. The molecule has 5 rings (SSSR count). The van der Waals surface area contributed by atoms with E-state index in [1.54, 1.807) is 12.1 Å². The molecular weight excluding hydrogens is 435 g/mol. The lowest BCUT2D eigenvalue weighted by Crippen LogP contribution is -2.50. The number of likely N-dealkylation sites (tertiary alicyclic amines) is 1. The Morgan fingerprint density at radius 2 is 2.03 bits per heavy atom. The lowest BCUT2D eigenvalue weighted by Gasteiger charge is -2.35. The lowest BCUT2D eigenvalue weighted by atomic mass is 10.2. The van der Waals surface area contributed by atoms with E-state index < -0.39 is 11.4 Å². The van der Waals surface area contributed by atoms with Crippen LogP contribution in [0, 0.1) is 18.2 Å². The molecule has 8 nitrogen and oxygen atoms in total. The van der Waals surface area contributed by atoms with Crippen LogP contribution in [0.4, 0.5) is 26.5 Å². The number of hydrogen-bond donors (Lipinski definition) is 1. The topological polar surface area (TPSA) is 83.5 Å². The lowest BCUT2D eigenvalue weighted by molar-refractivity contribution is 0.0214. The Morgan fingerprint density at radius 1 is 1.21 bits per heavy atom. The molecule has 2 bridgehead atoms. The Balaban J connectivity index is 1.40. The zero-order chi connectivity index (χ0) is 24.0. The number of nitrogens with zero attached hydrogens (tertiary/aromatic N) is 5. The Hall–Kier alpha value is -3.93. The predicted octanol–water partition coefficient (Wildman–Crippen LogP) is 4.09. The number of fused-ring (bicyclic) bond motifs is 3. The van der Waals surface area contributed by atoms with Gasteiger partial charge in [0.05, 0.1) is 28.9 Å². The van der Waals surface area contributed by atoms with E-state index in [0.717, 1.165) is 12.2 Å². The van der Waals surface area contributed by atoms with Crippen LogP contribution in [0.25, 0.3) is 11.0 Å². The summed E-state index contributed by atoms with van der Waals surface area (Å²) in [7, 11) is 0. The highest BCUT2D eigenvalue weighted by Gasteiger charge is 2.47. The molecule has 1 aromatic carbocycles. The van der Waals surface area contributed by atoms with Crippen molar-refractivity contribution in [3.63, 3.8) is 0 Å². The summed E-state index contributed by atoms with van der Waals surface area (Å²) < 4.78 is 20.2. The van der Waals surface area contributed by atoms with Crippen molar-refractivity contribution in [3.05, 3.63) is 48.0 Å². The maximum Gasteiger partial charge on any atom is 0.410 e. The van der Waals surface area contributed by atoms with Crippen molar-refractivity contribution in [2.75, 3.05) is 23.3 Å². The molecule has 2 aromatic heterocycles. The van der Waals surface area contributed by atoms with Gasteiger partial charge in [-0.3, -0.25) is 0 Å². The quantitative estimate of drug-likeness (QED) is 0.590. The maximum absolute atomic E-state index is 14.7. The molecule has 1 amide bonds. The summed E-state index contributed by atoms with van der Waals surface area (Å²) in [6.07, 6.45) is 7.38. The van der Waals surface area contributed by atoms with Crippen LogP contribution in [0.15, 0.2) is 36.7 Å². The summed E-state index contributed by atoms with van der Waals surface area (Å²) in [5, 5.41) is 3.01. The first-order chi connectivity index (χ1) is 16.2. The van der Waals surface area contributed by atoms with E-state index in [1.807, 2.05) is 37.8 Å². The highest BCUT2D eigenvalue weighted by Crippen LogP contribution is 2.36. The fourth-order valence-corrected chi connectivity index (χ4v) is 4.54. The third-order valence-electron chi connectivity index (χ3n) is 6.04. The van der Waals surface area contributed by atoms with Crippen LogP contribution in [0.1, 0.15) is 32.8 Å². The van der Waals surface area contributed by atoms with E-state index in [2.05, 4.69) is 26.1 Å². The number of carbonyl (C=O) groups excluding carboxylic acids is 1. The molecule has 0 spiro atoms. The number of rotatable bonds is 3. The van der Waals surface area contributed by atoms with Crippen LogP contribution in [-0.2, 0) is 4.74 Å². The van der Waals surface area contributed by atoms with E-state index in [1.165, 1.54) is 12.4 Å². The molecule has 2 aliphatic rings. The van der Waals surface area contributed by atoms with E-state index >= 15 is 0 Å². The second-order valence-electron chi connectivity index (χ2n) is 9.52. The number of aromatic nitrogens is 3. The fraction of sp³-hybridized carbons (Fsp3) is 0.360. The number of carbonyl (C=O) groups is 1. The van der Waals surface area contributed by atoms with E-state index in [-0.39, 0.29) is 29.4 Å². The Labute approximate surface area is 197 Å². The molecule has 1 N–H and O–H groups in total. The number of piperazine rings is 1. The Bertz CT molecular complexity index is 1310. The second-order valence-corrected chi connectivity index (χ2v) is 9.52. The Morgan fingerprint density at radius 3 is 2.74 bits per heavy atom. The van der Waals surface area contributed by atoms with Gasteiger partial charge in [-0.15, -0.1) is 6.42 Å². The first-order valence-electron chi connectivity index (χ1n) is 11.1. The smallest absolute Gasteiger partial charge is 0.410 e. The largest absolute Gasteiger partial charge is 0.444 e. The van der Waals surface area contributed by atoms with Gasteiger partial charge in [0.15, 0.2) is 11.6 Å². The number of ether oxygens (including phenoxy) is 1. The van der Waals surface area contributed by atoms with Gasteiger partial charge in [0, 0.05) is 13.1 Å². The number of hydrogen-bond acceptors (Lipinski definition) is 7. The first-order valence-corrected chi connectivity index (χ1v) is 11.1. The zero-order valence-corrected chi connectivity index (χ0v) is 19.2.